The van der Waals surface area contributed by atoms with Crippen LogP contribution in [-0.2, 0) is 4.74 Å². The van der Waals surface area contributed by atoms with E-state index >= 15 is 0 Å². The first-order chi connectivity index (χ1) is 8.09. The molecular formula is C12H13BrClNO2. The van der Waals surface area contributed by atoms with Crippen LogP contribution in [0, 0.1) is 0 Å². The standard InChI is InChI=1S/C12H13BrClNO2/c1-8-7-17-5-4-15(8)12(16)10-3-2-9(14)6-11(10)13/h2-3,6,8H,4-5,7H2,1H3/t8-/m1/s1. The van der Waals surface area contributed by atoms with Crippen LogP contribution in [0.25, 0.3) is 0 Å². The second-order valence-electron chi connectivity index (χ2n) is 4.05. The molecule has 1 amide bonds. The van der Waals surface area contributed by atoms with Crippen molar-refractivity contribution in [3.63, 3.8) is 0 Å². The van der Waals surface area contributed by atoms with Gasteiger partial charge >= 0.3 is 0 Å². The third-order valence-corrected chi connectivity index (χ3v) is 3.68. The van der Waals surface area contributed by atoms with Crippen molar-refractivity contribution < 1.29 is 9.53 Å². The molecule has 1 aliphatic rings. The van der Waals surface area contributed by atoms with Crippen molar-refractivity contribution in [1.82, 2.24) is 4.90 Å². The highest BCUT2D eigenvalue weighted by Crippen LogP contribution is 2.24. The SMILES string of the molecule is C[C@@H]1COCCN1C(=O)c1ccc(Cl)cc1Br. The van der Waals surface area contributed by atoms with Gasteiger partial charge in [0.25, 0.3) is 5.91 Å². The smallest absolute Gasteiger partial charge is 0.255 e. The van der Waals surface area contributed by atoms with Gasteiger partial charge in [0.1, 0.15) is 0 Å². The van der Waals surface area contributed by atoms with E-state index in [2.05, 4.69) is 15.9 Å². The molecule has 0 saturated carbocycles. The molecule has 1 aliphatic heterocycles. The minimum Gasteiger partial charge on any atom is -0.377 e. The van der Waals surface area contributed by atoms with Crippen LogP contribution in [0.2, 0.25) is 5.02 Å². The highest BCUT2D eigenvalue weighted by atomic mass is 79.9. The number of nitrogens with zero attached hydrogens (tertiary/aromatic N) is 1. The van der Waals surface area contributed by atoms with E-state index < -0.39 is 0 Å². The number of rotatable bonds is 1. The largest absolute Gasteiger partial charge is 0.377 e. The maximum absolute atomic E-state index is 12.3. The Morgan fingerprint density at radius 2 is 2.35 bits per heavy atom. The van der Waals surface area contributed by atoms with Gasteiger partial charge in [-0.15, -0.1) is 0 Å². The summed E-state index contributed by atoms with van der Waals surface area (Å²) in [6, 6.07) is 5.32. The molecule has 0 radical (unpaired) electrons. The quantitative estimate of drug-likeness (QED) is 0.797. The number of amides is 1. The third-order valence-electron chi connectivity index (χ3n) is 2.79. The zero-order chi connectivity index (χ0) is 12.4. The van der Waals surface area contributed by atoms with E-state index in [1.54, 1.807) is 18.2 Å². The Morgan fingerprint density at radius 1 is 1.59 bits per heavy atom. The van der Waals surface area contributed by atoms with Crippen LogP contribution in [0.4, 0.5) is 0 Å². The van der Waals surface area contributed by atoms with Crippen LogP contribution >= 0.6 is 27.5 Å². The van der Waals surface area contributed by atoms with E-state index in [4.69, 9.17) is 16.3 Å². The van der Waals surface area contributed by atoms with Crippen molar-refractivity contribution in [3.8, 4) is 0 Å². The molecule has 0 bridgehead atoms. The van der Waals surface area contributed by atoms with Gasteiger partial charge in [-0.1, -0.05) is 11.6 Å². The molecule has 92 valence electrons. The molecule has 0 unspecified atom stereocenters. The summed E-state index contributed by atoms with van der Waals surface area (Å²) in [5, 5.41) is 0.614. The third kappa shape index (κ3) is 2.81. The number of morpholine rings is 1. The van der Waals surface area contributed by atoms with E-state index in [0.717, 1.165) is 4.47 Å². The van der Waals surface area contributed by atoms with Crippen LogP contribution in [0.1, 0.15) is 17.3 Å². The van der Waals surface area contributed by atoms with Crippen molar-refractivity contribution in [2.24, 2.45) is 0 Å². The van der Waals surface area contributed by atoms with Gasteiger partial charge in [-0.05, 0) is 41.1 Å². The van der Waals surface area contributed by atoms with Crippen molar-refractivity contribution in [2.75, 3.05) is 19.8 Å². The number of halogens is 2. The topological polar surface area (TPSA) is 29.5 Å². The molecule has 1 atom stereocenters. The summed E-state index contributed by atoms with van der Waals surface area (Å²) in [6.07, 6.45) is 0. The lowest BCUT2D eigenvalue weighted by Gasteiger charge is -2.33. The van der Waals surface area contributed by atoms with Crippen molar-refractivity contribution in [3.05, 3.63) is 33.3 Å². The summed E-state index contributed by atoms with van der Waals surface area (Å²) in [5.41, 5.74) is 0.642. The van der Waals surface area contributed by atoms with Gasteiger partial charge in [0, 0.05) is 16.0 Å². The molecule has 17 heavy (non-hydrogen) atoms. The Kier molecular flexibility index (Phi) is 4.07. The molecule has 1 aromatic rings. The maximum atomic E-state index is 12.3. The van der Waals surface area contributed by atoms with Crippen LogP contribution in [0.15, 0.2) is 22.7 Å². The van der Waals surface area contributed by atoms with Crippen LogP contribution < -0.4 is 0 Å². The highest BCUT2D eigenvalue weighted by Gasteiger charge is 2.25. The van der Waals surface area contributed by atoms with Gasteiger partial charge in [0.2, 0.25) is 0 Å². The Morgan fingerprint density at radius 3 is 3.00 bits per heavy atom. The molecule has 1 heterocycles. The Hall–Kier alpha value is -0.580. The van der Waals surface area contributed by atoms with Gasteiger partial charge in [-0.3, -0.25) is 4.79 Å². The molecule has 3 nitrogen and oxygen atoms in total. The summed E-state index contributed by atoms with van der Waals surface area (Å²) >= 11 is 9.23. The van der Waals surface area contributed by atoms with E-state index in [-0.39, 0.29) is 11.9 Å². The van der Waals surface area contributed by atoms with E-state index in [9.17, 15) is 4.79 Å². The molecule has 0 aliphatic carbocycles. The molecule has 1 fully saturated rings. The number of carbonyl (C=O) groups excluding carboxylic acids is 1. The number of carbonyl (C=O) groups is 1. The van der Waals surface area contributed by atoms with E-state index in [1.807, 2.05) is 11.8 Å². The lowest BCUT2D eigenvalue weighted by Crippen LogP contribution is -2.47. The average molecular weight is 319 g/mol. The number of hydrogen-bond donors (Lipinski definition) is 0. The van der Waals surface area contributed by atoms with Crippen molar-refractivity contribution in [1.29, 1.82) is 0 Å². The summed E-state index contributed by atoms with van der Waals surface area (Å²) < 4.78 is 6.05. The molecule has 2 rings (SSSR count). The first-order valence-electron chi connectivity index (χ1n) is 5.43. The molecule has 0 spiro atoms. The maximum Gasteiger partial charge on any atom is 0.255 e. The average Bonchev–Trinajstić information content (AvgIpc) is 2.29. The number of hydrogen-bond acceptors (Lipinski definition) is 2. The molecule has 1 saturated heterocycles. The van der Waals surface area contributed by atoms with Gasteiger partial charge < -0.3 is 9.64 Å². The van der Waals surface area contributed by atoms with Gasteiger partial charge in [0.05, 0.1) is 24.8 Å². The summed E-state index contributed by atoms with van der Waals surface area (Å²) in [5.74, 6) is 0.0179. The predicted octanol–water partition coefficient (Wildman–Crippen LogP) is 2.96. The second-order valence-corrected chi connectivity index (χ2v) is 5.34. The molecular weight excluding hydrogens is 305 g/mol. The Labute approximate surface area is 114 Å². The lowest BCUT2D eigenvalue weighted by molar-refractivity contribution is 0.00354. The fraction of sp³-hybridized carbons (Fsp3) is 0.417. The zero-order valence-corrected chi connectivity index (χ0v) is 11.8. The van der Waals surface area contributed by atoms with Crippen LogP contribution in [0.5, 0.6) is 0 Å². The van der Waals surface area contributed by atoms with E-state index in [1.165, 1.54) is 0 Å². The Bertz CT molecular complexity index is 439. The van der Waals surface area contributed by atoms with Gasteiger partial charge in [-0.25, -0.2) is 0 Å². The first-order valence-corrected chi connectivity index (χ1v) is 6.60. The second kappa shape index (κ2) is 5.38. The van der Waals surface area contributed by atoms with Gasteiger partial charge in [-0.2, -0.15) is 0 Å². The summed E-state index contributed by atoms with van der Waals surface area (Å²) in [7, 11) is 0. The fourth-order valence-corrected chi connectivity index (χ4v) is 2.70. The summed E-state index contributed by atoms with van der Waals surface area (Å²) in [4.78, 5) is 14.2. The summed E-state index contributed by atoms with van der Waals surface area (Å²) in [6.45, 7) is 3.81. The molecule has 0 N–H and O–H groups in total. The Balaban J connectivity index is 2.24. The number of ether oxygens (including phenoxy) is 1. The van der Waals surface area contributed by atoms with Crippen molar-refractivity contribution in [2.45, 2.75) is 13.0 Å². The highest BCUT2D eigenvalue weighted by molar-refractivity contribution is 9.10. The minimum absolute atomic E-state index is 0.0179. The van der Waals surface area contributed by atoms with Crippen LogP contribution in [-0.4, -0.2) is 36.6 Å². The molecule has 5 heteroatoms. The van der Waals surface area contributed by atoms with E-state index in [0.29, 0.717) is 30.3 Å². The minimum atomic E-state index is 0.0179. The van der Waals surface area contributed by atoms with Crippen molar-refractivity contribution >= 4 is 33.4 Å². The normalized spacial score (nSPS) is 20.4. The lowest BCUT2D eigenvalue weighted by atomic mass is 10.1. The first kappa shape index (κ1) is 12.9. The number of benzene rings is 1. The fourth-order valence-electron chi connectivity index (χ4n) is 1.85. The van der Waals surface area contributed by atoms with Gasteiger partial charge in [0.15, 0.2) is 0 Å². The zero-order valence-electron chi connectivity index (χ0n) is 9.45. The predicted molar refractivity (Wildman–Crippen MR) is 70.5 cm³/mol. The van der Waals surface area contributed by atoms with Crippen LogP contribution in [0.3, 0.4) is 0 Å². The molecule has 0 aromatic heterocycles. The monoisotopic (exact) mass is 317 g/mol. The molecule has 1 aromatic carbocycles.